The van der Waals surface area contributed by atoms with Crippen molar-refractivity contribution in [3.05, 3.63) is 63.0 Å². The predicted octanol–water partition coefficient (Wildman–Crippen LogP) is 3.36. The van der Waals surface area contributed by atoms with Crippen molar-refractivity contribution in [1.29, 1.82) is 0 Å². The zero-order chi connectivity index (χ0) is 20.5. The third-order valence-corrected chi connectivity index (χ3v) is 5.54. The molecular weight excluding hydrogens is 375 g/mol. The number of hydrogen-bond donors (Lipinski definition) is 2. The number of aromatic nitrogens is 2. The zero-order valence-corrected chi connectivity index (χ0v) is 16.4. The molecule has 3 heterocycles. The number of piperidine rings is 1. The molecular formula is C21H23FN4O3. The highest BCUT2D eigenvalue weighted by Gasteiger charge is 2.27. The molecule has 0 radical (unpaired) electrons. The smallest absolute Gasteiger partial charge is 0.317 e. The minimum Gasteiger partial charge on any atom is -0.356 e. The van der Waals surface area contributed by atoms with Crippen LogP contribution in [0.4, 0.5) is 9.18 Å². The molecule has 0 saturated carbocycles. The Morgan fingerprint density at radius 2 is 2.07 bits per heavy atom. The molecule has 1 aliphatic heterocycles. The first kappa shape index (κ1) is 19.2. The second-order valence-corrected chi connectivity index (χ2v) is 7.57. The number of benzene rings is 1. The van der Waals surface area contributed by atoms with Gasteiger partial charge < -0.3 is 19.7 Å². The van der Waals surface area contributed by atoms with Crippen molar-refractivity contribution in [1.82, 2.24) is 20.4 Å². The molecule has 0 aliphatic carbocycles. The molecule has 2 N–H and O–H groups in total. The topological polar surface area (TPSA) is 91.2 Å². The normalized spacial score (nSPS) is 15.1. The largest absolute Gasteiger partial charge is 0.356 e. The SMILES string of the molecule is Cc1cc(C)c(CNC(=O)N2CCC(c3noc4cc(F)ccc34)CC2)c(=O)[nH]1. The summed E-state index contributed by atoms with van der Waals surface area (Å²) < 4.78 is 18.6. The summed E-state index contributed by atoms with van der Waals surface area (Å²) in [4.78, 5) is 29.1. The van der Waals surface area contributed by atoms with Gasteiger partial charge in [0.1, 0.15) is 5.82 Å². The number of hydrogen-bond acceptors (Lipinski definition) is 4. The van der Waals surface area contributed by atoms with Crippen LogP contribution in [0.1, 0.15) is 41.3 Å². The molecule has 3 aromatic rings. The van der Waals surface area contributed by atoms with Crippen LogP contribution in [0.3, 0.4) is 0 Å². The van der Waals surface area contributed by atoms with Crippen LogP contribution in [-0.4, -0.2) is 34.2 Å². The minimum absolute atomic E-state index is 0.160. The van der Waals surface area contributed by atoms with Crippen molar-refractivity contribution in [3.8, 4) is 0 Å². The quantitative estimate of drug-likeness (QED) is 0.708. The Labute approximate surface area is 166 Å². The number of fused-ring (bicyclic) bond motifs is 1. The molecule has 0 bridgehead atoms. The summed E-state index contributed by atoms with van der Waals surface area (Å²) in [5, 5.41) is 7.80. The average Bonchev–Trinajstić information content (AvgIpc) is 3.10. The number of pyridine rings is 1. The standard InChI is InChI=1S/C21H23FN4O3/c1-12-9-13(2)24-20(27)17(12)11-23-21(28)26-7-5-14(6-8-26)19-16-4-3-15(22)10-18(16)29-25-19/h3-4,9-10,14H,5-8,11H2,1-2H3,(H,23,28)(H,24,27). The Kier molecular flexibility index (Phi) is 5.08. The molecule has 0 atom stereocenters. The third kappa shape index (κ3) is 3.87. The lowest BCUT2D eigenvalue weighted by Gasteiger charge is -2.31. The Bertz CT molecular complexity index is 1110. The number of likely N-dealkylation sites (tertiary alicyclic amines) is 1. The molecule has 0 unspecified atom stereocenters. The second kappa shape index (κ2) is 7.69. The molecule has 7 nitrogen and oxygen atoms in total. The van der Waals surface area contributed by atoms with Gasteiger partial charge in [0.25, 0.3) is 5.56 Å². The molecule has 1 aliphatic rings. The summed E-state index contributed by atoms with van der Waals surface area (Å²) in [6.07, 6.45) is 1.49. The van der Waals surface area contributed by atoms with E-state index in [1.807, 2.05) is 19.9 Å². The van der Waals surface area contributed by atoms with Crippen LogP contribution in [0.25, 0.3) is 11.0 Å². The first-order valence-electron chi connectivity index (χ1n) is 9.69. The number of nitrogens with one attached hydrogen (secondary N) is 2. The van der Waals surface area contributed by atoms with E-state index in [1.165, 1.54) is 12.1 Å². The lowest BCUT2D eigenvalue weighted by Crippen LogP contribution is -2.44. The van der Waals surface area contributed by atoms with Crippen molar-refractivity contribution in [2.24, 2.45) is 0 Å². The summed E-state index contributed by atoms with van der Waals surface area (Å²) in [6.45, 7) is 5.04. The van der Waals surface area contributed by atoms with Crippen LogP contribution in [0.5, 0.6) is 0 Å². The predicted molar refractivity (Wildman–Crippen MR) is 106 cm³/mol. The van der Waals surface area contributed by atoms with Gasteiger partial charge in [0.2, 0.25) is 0 Å². The number of aromatic amines is 1. The van der Waals surface area contributed by atoms with E-state index in [1.54, 1.807) is 11.0 Å². The number of halogens is 1. The lowest BCUT2D eigenvalue weighted by molar-refractivity contribution is 0.180. The highest BCUT2D eigenvalue weighted by atomic mass is 19.1. The summed E-state index contributed by atoms with van der Waals surface area (Å²) in [6, 6.07) is 6.14. The van der Waals surface area contributed by atoms with E-state index in [0.717, 1.165) is 35.2 Å². The maximum absolute atomic E-state index is 13.3. The summed E-state index contributed by atoms with van der Waals surface area (Å²) in [5.41, 5.74) is 3.32. The fraction of sp³-hybridized carbons (Fsp3) is 0.381. The number of urea groups is 1. The van der Waals surface area contributed by atoms with Crippen molar-refractivity contribution in [2.75, 3.05) is 13.1 Å². The van der Waals surface area contributed by atoms with Gasteiger partial charge in [-0.2, -0.15) is 0 Å². The van der Waals surface area contributed by atoms with Gasteiger partial charge in [-0.05, 0) is 50.5 Å². The number of carbonyl (C=O) groups excluding carboxylic acids is 1. The Balaban J connectivity index is 1.37. The molecule has 1 saturated heterocycles. The minimum atomic E-state index is -0.352. The fourth-order valence-electron chi connectivity index (χ4n) is 3.96. The molecule has 1 aromatic carbocycles. The number of nitrogens with zero attached hydrogens (tertiary/aromatic N) is 2. The van der Waals surface area contributed by atoms with Crippen molar-refractivity contribution in [3.63, 3.8) is 0 Å². The van der Waals surface area contributed by atoms with Gasteiger partial charge in [0.15, 0.2) is 5.58 Å². The Morgan fingerprint density at radius 1 is 1.31 bits per heavy atom. The van der Waals surface area contributed by atoms with Gasteiger partial charge in [0.05, 0.1) is 12.2 Å². The zero-order valence-electron chi connectivity index (χ0n) is 16.4. The Hall–Kier alpha value is -3.16. The molecule has 0 spiro atoms. The fourth-order valence-corrected chi connectivity index (χ4v) is 3.96. The van der Waals surface area contributed by atoms with Crippen LogP contribution in [0, 0.1) is 19.7 Å². The molecule has 152 valence electrons. The number of rotatable bonds is 3. The van der Waals surface area contributed by atoms with E-state index >= 15 is 0 Å². The maximum Gasteiger partial charge on any atom is 0.317 e. The van der Waals surface area contributed by atoms with Crippen LogP contribution >= 0.6 is 0 Å². The highest BCUT2D eigenvalue weighted by Crippen LogP contribution is 2.32. The first-order chi connectivity index (χ1) is 13.9. The summed E-state index contributed by atoms with van der Waals surface area (Å²) in [5.74, 6) is -0.192. The van der Waals surface area contributed by atoms with Crippen molar-refractivity contribution in [2.45, 2.75) is 39.2 Å². The summed E-state index contributed by atoms with van der Waals surface area (Å²) >= 11 is 0. The van der Waals surface area contributed by atoms with Gasteiger partial charge in [-0.15, -0.1) is 0 Å². The third-order valence-electron chi connectivity index (χ3n) is 5.54. The maximum atomic E-state index is 13.3. The van der Waals surface area contributed by atoms with Crippen molar-refractivity contribution >= 4 is 17.0 Å². The monoisotopic (exact) mass is 398 g/mol. The molecule has 2 aromatic heterocycles. The van der Waals surface area contributed by atoms with Gasteiger partial charge in [-0.1, -0.05) is 5.16 Å². The van der Waals surface area contributed by atoms with E-state index < -0.39 is 0 Å². The number of amides is 2. The number of carbonyl (C=O) groups is 1. The number of aryl methyl sites for hydroxylation is 2. The molecule has 2 amide bonds. The molecule has 4 rings (SSSR count). The molecule has 1 fully saturated rings. The van der Waals surface area contributed by atoms with Crippen LogP contribution in [-0.2, 0) is 6.54 Å². The van der Waals surface area contributed by atoms with E-state index in [4.69, 9.17) is 4.52 Å². The van der Waals surface area contributed by atoms with E-state index in [2.05, 4.69) is 15.5 Å². The molecule has 8 heteroatoms. The van der Waals surface area contributed by atoms with Crippen LogP contribution in [0.15, 0.2) is 33.6 Å². The van der Waals surface area contributed by atoms with Gasteiger partial charge >= 0.3 is 6.03 Å². The van der Waals surface area contributed by atoms with E-state index in [-0.39, 0.29) is 29.9 Å². The van der Waals surface area contributed by atoms with Crippen LogP contribution in [0.2, 0.25) is 0 Å². The second-order valence-electron chi connectivity index (χ2n) is 7.57. The van der Waals surface area contributed by atoms with E-state index in [9.17, 15) is 14.0 Å². The van der Waals surface area contributed by atoms with E-state index in [0.29, 0.717) is 24.2 Å². The van der Waals surface area contributed by atoms with Crippen molar-refractivity contribution < 1.29 is 13.7 Å². The summed E-state index contributed by atoms with van der Waals surface area (Å²) in [7, 11) is 0. The van der Waals surface area contributed by atoms with Crippen LogP contribution < -0.4 is 10.9 Å². The van der Waals surface area contributed by atoms with Gasteiger partial charge in [-0.25, -0.2) is 9.18 Å². The first-order valence-corrected chi connectivity index (χ1v) is 9.69. The molecule has 29 heavy (non-hydrogen) atoms. The van der Waals surface area contributed by atoms with Gasteiger partial charge in [0, 0.05) is 41.7 Å². The highest BCUT2D eigenvalue weighted by molar-refractivity contribution is 5.80. The van der Waals surface area contributed by atoms with Gasteiger partial charge in [-0.3, -0.25) is 4.79 Å². The lowest BCUT2D eigenvalue weighted by atomic mass is 9.92. The average molecular weight is 398 g/mol. The Morgan fingerprint density at radius 3 is 2.79 bits per heavy atom. The number of H-pyrrole nitrogens is 1.